The van der Waals surface area contributed by atoms with Gasteiger partial charge in [-0.2, -0.15) is 18.2 Å². The Labute approximate surface area is 153 Å². The van der Waals surface area contributed by atoms with Gasteiger partial charge in [0.1, 0.15) is 6.33 Å². The molecule has 0 radical (unpaired) electrons. The number of amides is 1. The van der Waals surface area contributed by atoms with Gasteiger partial charge in [0.2, 0.25) is 5.95 Å². The maximum absolute atomic E-state index is 12.4. The zero-order valence-electron chi connectivity index (χ0n) is 13.7. The molecule has 0 aliphatic heterocycles. The third-order valence-corrected chi connectivity index (χ3v) is 3.88. The van der Waals surface area contributed by atoms with Gasteiger partial charge < -0.3 is 5.11 Å². The number of pyridine rings is 1. The molecule has 0 fully saturated rings. The number of carboxylic acid groups (broad SMARTS) is 1. The maximum atomic E-state index is 12.4. The summed E-state index contributed by atoms with van der Waals surface area (Å²) in [6.45, 7) is 0. The van der Waals surface area contributed by atoms with E-state index in [2.05, 4.69) is 15.1 Å². The molecule has 1 amide bonds. The van der Waals surface area contributed by atoms with Crippen LogP contribution < -0.4 is 5.32 Å². The number of anilines is 1. The topological polar surface area (TPSA) is 114 Å². The quantitative estimate of drug-likeness (QED) is 0.555. The molecule has 0 spiro atoms. The van der Waals surface area contributed by atoms with Crippen molar-refractivity contribution in [2.75, 3.05) is 5.32 Å². The molecule has 4 aromatic rings. The lowest BCUT2D eigenvalue weighted by Gasteiger charge is -2.09. The fraction of sp³-hybridized carbons (Fsp3) is 0.0625. The number of hydrogen-bond donors (Lipinski definition) is 2. The highest BCUT2D eigenvalue weighted by molar-refractivity contribution is 5.94. The van der Waals surface area contributed by atoms with Gasteiger partial charge >= 0.3 is 18.1 Å². The number of hydrogen-bond acceptors (Lipinski definition) is 5. The van der Waals surface area contributed by atoms with E-state index in [0.29, 0.717) is 11.0 Å². The first kappa shape index (κ1) is 17.5. The van der Waals surface area contributed by atoms with Crippen LogP contribution in [-0.4, -0.2) is 47.3 Å². The molecule has 142 valence electrons. The van der Waals surface area contributed by atoms with E-state index in [1.807, 2.05) is 0 Å². The third kappa shape index (κ3) is 2.80. The Bertz CT molecular complexity index is 1240. The Morgan fingerprint density at radius 3 is 2.57 bits per heavy atom. The number of carbonyl (C=O) groups is 2. The second-order valence-corrected chi connectivity index (χ2v) is 5.63. The smallest absolute Gasteiger partial charge is 0.471 e. The van der Waals surface area contributed by atoms with Gasteiger partial charge in [-0.3, -0.25) is 14.7 Å². The van der Waals surface area contributed by atoms with E-state index in [1.54, 1.807) is 24.3 Å². The zero-order valence-corrected chi connectivity index (χ0v) is 13.7. The molecule has 0 aliphatic carbocycles. The fourth-order valence-electron chi connectivity index (χ4n) is 2.71. The number of alkyl halides is 3. The Morgan fingerprint density at radius 1 is 1.11 bits per heavy atom. The highest BCUT2D eigenvalue weighted by atomic mass is 19.4. The van der Waals surface area contributed by atoms with Gasteiger partial charge in [0, 0.05) is 0 Å². The normalized spacial score (nSPS) is 11.8. The standard InChI is InChI=1S/C16H9F3N6O3/c17-16(18,19)14(28)22-15-21-11-6-5-10(12(13(26)27)25(11)23-15)24-7-20-8-3-1-2-4-9(8)24/h1-7H,(H,26,27)(H,22,23,28). The number of imidazole rings is 1. The van der Waals surface area contributed by atoms with Crippen molar-refractivity contribution in [1.29, 1.82) is 0 Å². The molecule has 0 saturated carbocycles. The number of benzene rings is 1. The Hall–Kier alpha value is -3.96. The number of para-hydroxylation sites is 2. The molecule has 0 saturated heterocycles. The van der Waals surface area contributed by atoms with Crippen molar-refractivity contribution in [3.8, 4) is 5.69 Å². The molecule has 1 aromatic carbocycles. The summed E-state index contributed by atoms with van der Waals surface area (Å²) in [5.41, 5.74) is 1.00. The number of carboxylic acids is 1. The second-order valence-electron chi connectivity index (χ2n) is 5.63. The van der Waals surface area contributed by atoms with Gasteiger partial charge in [0.05, 0.1) is 16.7 Å². The maximum Gasteiger partial charge on any atom is 0.471 e. The van der Waals surface area contributed by atoms with Crippen molar-refractivity contribution in [2.24, 2.45) is 0 Å². The molecule has 3 heterocycles. The highest BCUT2D eigenvalue weighted by Gasteiger charge is 2.39. The van der Waals surface area contributed by atoms with Gasteiger partial charge in [-0.1, -0.05) is 12.1 Å². The molecule has 0 unspecified atom stereocenters. The minimum Gasteiger partial charge on any atom is -0.476 e. The van der Waals surface area contributed by atoms with Crippen molar-refractivity contribution >= 4 is 34.5 Å². The number of aromatic nitrogens is 5. The van der Waals surface area contributed by atoms with E-state index in [9.17, 15) is 27.9 Å². The molecule has 4 rings (SSSR count). The van der Waals surface area contributed by atoms with Gasteiger partial charge in [0.25, 0.3) is 0 Å². The van der Waals surface area contributed by atoms with Gasteiger partial charge in [-0.15, -0.1) is 5.10 Å². The lowest BCUT2D eigenvalue weighted by molar-refractivity contribution is -0.167. The van der Waals surface area contributed by atoms with Crippen LogP contribution in [0, 0.1) is 0 Å². The van der Waals surface area contributed by atoms with E-state index < -0.39 is 24.0 Å². The summed E-state index contributed by atoms with van der Waals surface area (Å²) in [4.78, 5) is 30.9. The van der Waals surface area contributed by atoms with Crippen LogP contribution in [-0.2, 0) is 4.79 Å². The molecule has 12 heteroatoms. The van der Waals surface area contributed by atoms with Crippen molar-refractivity contribution in [3.63, 3.8) is 0 Å². The molecule has 0 bridgehead atoms. The molecule has 28 heavy (non-hydrogen) atoms. The van der Waals surface area contributed by atoms with E-state index in [0.717, 1.165) is 4.52 Å². The SMILES string of the molecule is O=C(O)c1c(-n2cnc3ccccc32)ccc2nc(NC(=O)C(F)(F)F)nn12. The first-order valence-electron chi connectivity index (χ1n) is 7.69. The van der Waals surface area contributed by atoms with Gasteiger partial charge in [-0.25, -0.2) is 14.3 Å². The monoisotopic (exact) mass is 390 g/mol. The number of aromatic carboxylic acids is 1. The molecule has 0 aliphatic rings. The van der Waals surface area contributed by atoms with Crippen LogP contribution in [0.4, 0.5) is 19.1 Å². The average Bonchev–Trinajstić information content (AvgIpc) is 3.22. The Kier molecular flexibility index (Phi) is 3.77. The average molecular weight is 390 g/mol. The minimum absolute atomic E-state index is 0.0527. The lowest BCUT2D eigenvalue weighted by atomic mass is 10.2. The van der Waals surface area contributed by atoms with Crippen molar-refractivity contribution in [3.05, 3.63) is 48.4 Å². The summed E-state index contributed by atoms with van der Waals surface area (Å²) in [5.74, 6) is -4.32. The van der Waals surface area contributed by atoms with Crippen LogP contribution in [0.2, 0.25) is 0 Å². The minimum atomic E-state index is -5.13. The van der Waals surface area contributed by atoms with Crippen molar-refractivity contribution in [1.82, 2.24) is 24.1 Å². The Balaban J connectivity index is 1.88. The summed E-state index contributed by atoms with van der Waals surface area (Å²) in [5, 5.41) is 14.9. The predicted octanol–water partition coefficient (Wildman–Crippen LogP) is 2.27. The fourth-order valence-corrected chi connectivity index (χ4v) is 2.71. The summed E-state index contributed by atoms with van der Waals surface area (Å²) in [6.07, 6.45) is -3.71. The summed E-state index contributed by atoms with van der Waals surface area (Å²) >= 11 is 0. The van der Waals surface area contributed by atoms with E-state index in [1.165, 1.54) is 28.3 Å². The van der Waals surface area contributed by atoms with Gasteiger partial charge in [-0.05, 0) is 24.3 Å². The Morgan fingerprint density at radius 2 is 1.86 bits per heavy atom. The molecule has 0 atom stereocenters. The van der Waals surface area contributed by atoms with Crippen molar-refractivity contribution in [2.45, 2.75) is 6.18 Å². The van der Waals surface area contributed by atoms with Crippen LogP contribution >= 0.6 is 0 Å². The van der Waals surface area contributed by atoms with Crippen LogP contribution in [0.5, 0.6) is 0 Å². The molecule has 2 N–H and O–H groups in total. The number of halogens is 3. The first-order valence-corrected chi connectivity index (χ1v) is 7.69. The number of nitrogens with one attached hydrogen (secondary N) is 1. The van der Waals surface area contributed by atoms with E-state index in [-0.39, 0.29) is 17.0 Å². The van der Waals surface area contributed by atoms with Gasteiger partial charge in [0.15, 0.2) is 11.3 Å². The lowest BCUT2D eigenvalue weighted by Crippen LogP contribution is -2.30. The summed E-state index contributed by atoms with van der Waals surface area (Å²) < 4.78 is 39.6. The third-order valence-electron chi connectivity index (χ3n) is 3.88. The molecule has 9 nitrogen and oxygen atoms in total. The number of carbonyl (C=O) groups excluding carboxylic acids is 1. The first-order chi connectivity index (χ1) is 13.3. The number of nitrogens with zero attached hydrogens (tertiary/aromatic N) is 5. The van der Waals surface area contributed by atoms with Crippen LogP contribution in [0.1, 0.15) is 10.5 Å². The largest absolute Gasteiger partial charge is 0.476 e. The van der Waals surface area contributed by atoms with Crippen molar-refractivity contribution < 1.29 is 27.9 Å². The molecular weight excluding hydrogens is 381 g/mol. The number of rotatable bonds is 3. The van der Waals surface area contributed by atoms with Crippen LogP contribution in [0.25, 0.3) is 22.4 Å². The second kappa shape index (κ2) is 6.04. The van der Waals surface area contributed by atoms with Crippen LogP contribution in [0.15, 0.2) is 42.7 Å². The van der Waals surface area contributed by atoms with E-state index in [4.69, 9.17) is 0 Å². The number of fused-ring (bicyclic) bond motifs is 2. The predicted molar refractivity (Wildman–Crippen MR) is 89.3 cm³/mol. The summed E-state index contributed by atoms with van der Waals surface area (Å²) in [6, 6.07) is 9.79. The zero-order chi connectivity index (χ0) is 20.1. The van der Waals surface area contributed by atoms with Crippen LogP contribution in [0.3, 0.4) is 0 Å². The molecule has 3 aromatic heterocycles. The summed E-state index contributed by atoms with van der Waals surface area (Å²) in [7, 11) is 0. The highest BCUT2D eigenvalue weighted by Crippen LogP contribution is 2.23. The molecular formula is C16H9F3N6O3. The van der Waals surface area contributed by atoms with E-state index >= 15 is 0 Å².